The number of rotatable bonds is 6. The lowest BCUT2D eigenvalue weighted by Crippen LogP contribution is -2.49. The number of carbonyl (C=O) groups excluding carboxylic acids is 1. The van der Waals surface area contributed by atoms with Gasteiger partial charge >= 0.3 is 0 Å². The molecule has 35 heavy (non-hydrogen) atoms. The van der Waals surface area contributed by atoms with E-state index < -0.39 is 15.9 Å². The van der Waals surface area contributed by atoms with Crippen LogP contribution >= 0.6 is 23.2 Å². The largest absolute Gasteiger partial charge is 0.369 e. The van der Waals surface area contributed by atoms with Crippen LogP contribution in [0, 0.1) is 13.8 Å². The second-order valence-electron chi connectivity index (χ2n) is 8.40. The summed E-state index contributed by atoms with van der Waals surface area (Å²) in [6, 6.07) is 10.8. The molecule has 11 heteroatoms. The third kappa shape index (κ3) is 5.18. The molecular weight excluding hydrogens is 509 g/mol. The first-order valence-electron chi connectivity index (χ1n) is 11.3. The third-order valence-electron chi connectivity index (χ3n) is 6.21. The zero-order chi connectivity index (χ0) is 25.3. The number of sulfonamides is 1. The highest BCUT2D eigenvalue weighted by Gasteiger charge is 2.35. The van der Waals surface area contributed by atoms with Gasteiger partial charge in [0.1, 0.15) is 0 Å². The Morgan fingerprint density at radius 1 is 1.06 bits per heavy atom. The molecule has 8 nitrogen and oxygen atoms in total. The molecule has 1 amide bonds. The molecule has 0 radical (unpaired) electrons. The van der Waals surface area contributed by atoms with Crippen molar-refractivity contribution in [2.24, 2.45) is 0 Å². The number of piperazine rings is 1. The van der Waals surface area contributed by atoms with Gasteiger partial charge in [-0.1, -0.05) is 35.3 Å². The van der Waals surface area contributed by atoms with Crippen LogP contribution in [0.3, 0.4) is 0 Å². The van der Waals surface area contributed by atoms with Crippen molar-refractivity contribution in [3.05, 3.63) is 69.3 Å². The normalized spacial score (nSPS) is 14.8. The molecule has 0 bridgehead atoms. The second-order valence-corrected chi connectivity index (χ2v) is 11.1. The monoisotopic (exact) mass is 535 g/mol. The van der Waals surface area contributed by atoms with Crippen molar-refractivity contribution in [2.75, 3.05) is 36.4 Å². The number of halogens is 2. The minimum absolute atomic E-state index is 0.0186. The van der Waals surface area contributed by atoms with Crippen LogP contribution in [0.1, 0.15) is 28.4 Å². The molecule has 0 aliphatic carbocycles. The fraction of sp³-hybridized carbons (Fsp3) is 0.333. The molecule has 0 spiro atoms. The van der Waals surface area contributed by atoms with E-state index in [1.807, 2.05) is 13.0 Å². The molecule has 1 N–H and O–H groups in total. The number of amides is 1. The molecule has 1 saturated heterocycles. The fourth-order valence-corrected chi connectivity index (χ4v) is 5.87. The van der Waals surface area contributed by atoms with Crippen LogP contribution in [-0.2, 0) is 16.6 Å². The summed E-state index contributed by atoms with van der Waals surface area (Å²) in [6.45, 7) is 8.06. The minimum atomic E-state index is -3.99. The van der Waals surface area contributed by atoms with Crippen LogP contribution in [0.2, 0.25) is 10.0 Å². The van der Waals surface area contributed by atoms with Crippen molar-refractivity contribution >= 4 is 50.5 Å². The van der Waals surface area contributed by atoms with E-state index in [2.05, 4.69) is 41.3 Å². The van der Waals surface area contributed by atoms with Gasteiger partial charge in [0.15, 0.2) is 0 Å². The number of aromatic nitrogens is 2. The predicted octanol–water partition coefficient (Wildman–Crippen LogP) is 4.59. The summed E-state index contributed by atoms with van der Waals surface area (Å²) in [7, 11) is -3.99. The average Bonchev–Trinajstić information content (AvgIpc) is 3.29. The number of hydrogen-bond donors (Lipinski definition) is 1. The van der Waals surface area contributed by atoms with E-state index in [9.17, 15) is 13.2 Å². The smallest absolute Gasteiger partial charge is 0.263 e. The molecule has 2 aromatic carbocycles. The lowest BCUT2D eigenvalue weighted by molar-refractivity contribution is 0.102. The Bertz CT molecular complexity index is 1370. The maximum Gasteiger partial charge on any atom is 0.263 e. The number of carbonyl (C=O) groups is 1. The molecule has 186 valence electrons. The first-order valence-corrected chi connectivity index (χ1v) is 13.5. The van der Waals surface area contributed by atoms with Crippen molar-refractivity contribution in [1.29, 1.82) is 0 Å². The molecule has 0 unspecified atom stereocenters. The first-order chi connectivity index (χ1) is 16.6. The number of aryl methyl sites for hydroxylation is 2. The average molecular weight is 536 g/mol. The van der Waals surface area contributed by atoms with Crippen LogP contribution in [0.5, 0.6) is 0 Å². The maximum atomic E-state index is 13.6. The standard InChI is InChI=1S/C24H27Cl2N5O3S/c1-4-30-15-19(23(32)27-18-8-9-20(25)21(26)14-18)24(28-30)35(33,34)31-12-10-29(11-13-31)22-7-5-6-16(2)17(22)3/h5-9,14-15H,4,10-13H2,1-3H3,(H,27,32). The Labute approximate surface area is 215 Å². The Balaban J connectivity index is 1.56. The Morgan fingerprint density at radius 2 is 1.77 bits per heavy atom. The third-order valence-corrected chi connectivity index (χ3v) is 8.79. The van der Waals surface area contributed by atoms with Gasteiger partial charge in [0.05, 0.1) is 15.6 Å². The first kappa shape index (κ1) is 25.5. The molecule has 1 fully saturated rings. The predicted molar refractivity (Wildman–Crippen MR) is 139 cm³/mol. The molecule has 1 aromatic heterocycles. The van der Waals surface area contributed by atoms with Gasteiger partial charge in [-0.15, -0.1) is 0 Å². The van der Waals surface area contributed by atoms with Gasteiger partial charge in [0, 0.05) is 50.3 Å². The molecule has 0 saturated carbocycles. The quantitative estimate of drug-likeness (QED) is 0.498. The molecule has 0 atom stereocenters. The van der Waals surface area contributed by atoms with Crippen molar-refractivity contribution in [3.8, 4) is 0 Å². The van der Waals surface area contributed by atoms with Crippen LogP contribution in [0.15, 0.2) is 47.6 Å². The number of anilines is 2. The summed E-state index contributed by atoms with van der Waals surface area (Å²) in [6.07, 6.45) is 1.45. The Kier molecular flexibility index (Phi) is 7.42. The van der Waals surface area contributed by atoms with E-state index in [4.69, 9.17) is 23.2 Å². The summed E-state index contributed by atoms with van der Waals surface area (Å²) >= 11 is 12.0. The summed E-state index contributed by atoms with van der Waals surface area (Å²) in [5, 5.41) is 7.31. The highest BCUT2D eigenvalue weighted by atomic mass is 35.5. The van der Waals surface area contributed by atoms with Crippen LogP contribution in [0.4, 0.5) is 11.4 Å². The SMILES string of the molecule is CCn1cc(C(=O)Nc2ccc(Cl)c(Cl)c2)c(S(=O)(=O)N2CCN(c3cccc(C)c3C)CC2)n1. The molecule has 3 aromatic rings. The highest BCUT2D eigenvalue weighted by molar-refractivity contribution is 7.89. The minimum Gasteiger partial charge on any atom is -0.369 e. The van der Waals surface area contributed by atoms with E-state index in [0.29, 0.717) is 43.4 Å². The van der Waals surface area contributed by atoms with Crippen molar-refractivity contribution in [1.82, 2.24) is 14.1 Å². The number of nitrogens with one attached hydrogen (secondary N) is 1. The summed E-state index contributed by atoms with van der Waals surface area (Å²) < 4.78 is 30.0. The van der Waals surface area contributed by atoms with Crippen LogP contribution in [0.25, 0.3) is 0 Å². The zero-order valence-corrected chi connectivity index (χ0v) is 22.1. The molecule has 4 rings (SSSR count). The van der Waals surface area contributed by atoms with Gasteiger partial charge < -0.3 is 10.2 Å². The van der Waals surface area contributed by atoms with Gasteiger partial charge in [-0.2, -0.15) is 9.40 Å². The topological polar surface area (TPSA) is 87.5 Å². The highest BCUT2D eigenvalue weighted by Crippen LogP contribution is 2.28. The van der Waals surface area contributed by atoms with E-state index in [0.717, 1.165) is 5.69 Å². The van der Waals surface area contributed by atoms with Crippen LogP contribution < -0.4 is 10.2 Å². The van der Waals surface area contributed by atoms with Gasteiger partial charge in [0.2, 0.25) is 5.03 Å². The zero-order valence-electron chi connectivity index (χ0n) is 19.8. The van der Waals surface area contributed by atoms with E-state index >= 15 is 0 Å². The lowest BCUT2D eigenvalue weighted by atomic mass is 10.1. The van der Waals surface area contributed by atoms with E-state index in [-0.39, 0.29) is 15.6 Å². The Hall–Kier alpha value is -2.59. The van der Waals surface area contributed by atoms with Gasteiger partial charge in [-0.05, 0) is 56.2 Å². The summed E-state index contributed by atoms with van der Waals surface area (Å²) in [5.41, 5.74) is 3.88. The lowest BCUT2D eigenvalue weighted by Gasteiger charge is -2.36. The van der Waals surface area contributed by atoms with Crippen molar-refractivity contribution < 1.29 is 13.2 Å². The summed E-state index contributed by atoms with van der Waals surface area (Å²) in [4.78, 5) is 15.3. The molecule has 2 heterocycles. The van der Waals surface area contributed by atoms with E-state index in [1.165, 1.54) is 32.4 Å². The van der Waals surface area contributed by atoms with Crippen molar-refractivity contribution in [2.45, 2.75) is 32.3 Å². The number of benzene rings is 2. The van der Waals surface area contributed by atoms with Gasteiger partial charge in [-0.25, -0.2) is 8.42 Å². The van der Waals surface area contributed by atoms with Gasteiger partial charge in [-0.3, -0.25) is 9.48 Å². The summed E-state index contributed by atoms with van der Waals surface area (Å²) in [5.74, 6) is -0.587. The maximum absolute atomic E-state index is 13.6. The molecular formula is C24H27Cl2N5O3S. The van der Waals surface area contributed by atoms with E-state index in [1.54, 1.807) is 12.1 Å². The number of hydrogen-bond acceptors (Lipinski definition) is 5. The Morgan fingerprint density at radius 3 is 2.43 bits per heavy atom. The fourth-order valence-electron chi connectivity index (χ4n) is 4.05. The van der Waals surface area contributed by atoms with Crippen LogP contribution in [-0.4, -0.2) is 54.6 Å². The van der Waals surface area contributed by atoms with Gasteiger partial charge in [0.25, 0.3) is 15.9 Å². The number of nitrogens with zero attached hydrogens (tertiary/aromatic N) is 4. The van der Waals surface area contributed by atoms with Crippen molar-refractivity contribution in [3.63, 3.8) is 0 Å². The second kappa shape index (κ2) is 10.2. The molecule has 1 aliphatic rings. The molecule has 1 aliphatic heterocycles.